The van der Waals surface area contributed by atoms with Gasteiger partial charge in [0.15, 0.2) is 0 Å². The predicted molar refractivity (Wildman–Crippen MR) is 86.6 cm³/mol. The van der Waals surface area contributed by atoms with Crippen molar-refractivity contribution >= 4 is 0 Å². The fourth-order valence-electron chi connectivity index (χ4n) is 3.66. The number of ether oxygens (including phenoxy) is 1. The van der Waals surface area contributed by atoms with E-state index in [0.717, 1.165) is 39.2 Å². The number of benzene rings is 1. The monoisotopic (exact) mass is 288 g/mol. The number of hydrogen-bond acceptors (Lipinski definition) is 3. The first kappa shape index (κ1) is 15.0. The van der Waals surface area contributed by atoms with Gasteiger partial charge in [-0.15, -0.1) is 0 Å². The van der Waals surface area contributed by atoms with Crippen LogP contribution in [0.1, 0.15) is 43.2 Å². The zero-order chi connectivity index (χ0) is 14.5. The Morgan fingerprint density at radius 1 is 1.33 bits per heavy atom. The van der Waals surface area contributed by atoms with Crippen molar-refractivity contribution in [1.29, 1.82) is 0 Å². The normalized spacial score (nSPS) is 26.5. The van der Waals surface area contributed by atoms with Gasteiger partial charge in [-0.2, -0.15) is 0 Å². The Kier molecular flexibility index (Phi) is 5.28. The smallest absolute Gasteiger partial charge is 0.0702 e. The van der Waals surface area contributed by atoms with Crippen LogP contribution >= 0.6 is 0 Å². The number of rotatable bonds is 5. The maximum absolute atomic E-state index is 5.96. The SMILES string of the molecule is CCCOC1CCCN(CC2CNCc3ccccc32)C1. The molecule has 3 heteroatoms. The molecular weight excluding hydrogens is 260 g/mol. The summed E-state index contributed by atoms with van der Waals surface area (Å²) in [6, 6.07) is 8.91. The second-order valence-electron chi connectivity index (χ2n) is 6.42. The van der Waals surface area contributed by atoms with Gasteiger partial charge in [-0.25, -0.2) is 0 Å². The minimum Gasteiger partial charge on any atom is -0.377 e. The Morgan fingerprint density at radius 2 is 2.24 bits per heavy atom. The lowest BCUT2D eigenvalue weighted by atomic mass is 9.90. The van der Waals surface area contributed by atoms with Crippen molar-refractivity contribution in [3.63, 3.8) is 0 Å². The van der Waals surface area contributed by atoms with E-state index in [1.54, 1.807) is 5.56 Å². The van der Waals surface area contributed by atoms with Crippen molar-refractivity contribution in [3.8, 4) is 0 Å². The van der Waals surface area contributed by atoms with Crippen LogP contribution in [0.25, 0.3) is 0 Å². The average molecular weight is 288 g/mol. The van der Waals surface area contributed by atoms with E-state index < -0.39 is 0 Å². The lowest BCUT2D eigenvalue weighted by molar-refractivity contribution is -0.00165. The van der Waals surface area contributed by atoms with E-state index in [1.807, 2.05) is 0 Å². The summed E-state index contributed by atoms with van der Waals surface area (Å²) in [5, 5.41) is 3.57. The highest BCUT2D eigenvalue weighted by molar-refractivity contribution is 5.32. The second-order valence-corrected chi connectivity index (χ2v) is 6.42. The van der Waals surface area contributed by atoms with Crippen molar-refractivity contribution in [2.45, 2.75) is 44.8 Å². The third kappa shape index (κ3) is 3.85. The van der Waals surface area contributed by atoms with Gasteiger partial charge in [-0.1, -0.05) is 31.2 Å². The van der Waals surface area contributed by atoms with E-state index in [1.165, 1.54) is 24.9 Å². The molecule has 21 heavy (non-hydrogen) atoms. The zero-order valence-electron chi connectivity index (χ0n) is 13.2. The van der Waals surface area contributed by atoms with E-state index in [2.05, 4.69) is 41.4 Å². The van der Waals surface area contributed by atoms with E-state index in [4.69, 9.17) is 4.74 Å². The van der Waals surface area contributed by atoms with Crippen LogP contribution in [0.4, 0.5) is 0 Å². The van der Waals surface area contributed by atoms with Gasteiger partial charge in [0.1, 0.15) is 0 Å². The van der Waals surface area contributed by atoms with Crippen LogP contribution in [-0.4, -0.2) is 43.8 Å². The van der Waals surface area contributed by atoms with Crippen LogP contribution in [0, 0.1) is 0 Å². The molecule has 0 saturated carbocycles. The third-order valence-electron chi connectivity index (χ3n) is 4.70. The van der Waals surface area contributed by atoms with Crippen molar-refractivity contribution < 1.29 is 4.74 Å². The Balaban J connectivity index is 1.59. The molecule has 1 fully saturated rings. The number of hydrogen-bond donors (Lipinski definition) is 1. The standard InChI is InChI=1S/C18H28N2O/c1-2-10-21-17-7-5-9-20(14-17)13-16-12-19-11-15-6-3-4-8-18(15)16/h3-4,6,8,16-17,19H,2,5,7,9-14H2,1H3. The minimum absolute atomic E-state index is 0.450. The van der Waals surface area contributed by atoms with Gasteiger partial charge >= 0.3 is 0 Å². The molecular formula is C18H28N2O. The van der Waals surface area contributed by atoms with Crippen LogP contribution < -0.4 is 5.32 Å². The number of piperidine rings is 1. The summed E-state index contributed by atoms with van der Waals surface area (Å²) in [6.07, 6.45) is 4.08. The van der Waals surface area contributed by atoms with Gasteiger partial charge < -0.3 is 15.0 Å². The van der Waals surface area contributed by atoms with Crippen molar-refractivity contribution in [3.05, 3.63) is 35.4 Å². The summed E-state index contributed by atoms with van der Waals surface area (Å²) in [5.74, 6) is 0.625. The first-order chi connectivity index (χ1) is 10.4. The number of nitrogens with zero attached hydrogens (tertiary/aromatic N) is 1. The molecule has 1 aromatic rings. The first-order valence-corrected chi connectivity index (χ1v) is 8.49. The fourth-order valence-corrected chi connectivity index (χ4v) is 3.66. The molecule has 0 aliphatic carbocycles. The molecule has 1 aromatic carbocycles. The Hall–Kier alpha value is -0.900. The van der Waals surface area contributed by atoms with E-state index >= 15 is 0 Å². The zero-order valence-corrected chi connectivity index (χ0v) is 13.2. The highest BCUT2D eigenvalue weighted by atomic mass is 16.5. The molecule has 0 amide bonds. The molecule has 2 atom stereocenters. The molecule has 116 valence electrons. The largest absolute Gasteiger partial charge is 0.377 e. The average Bonchev–Trinajstić information content (AvgIpc) is 2.54. The molecule has 0 aromatic heterocycles. The fraction of sp³-hybridized carbons (Fsp3) is 0.667. The topological polar surface area (TPSA) is 24.5 Å². The lowest BCUT2D eigenvalue weighted by Crippen LogP contribution is -2.44. The summed E-state index contributed by atoms with van der Waals surface area (Å²) in [4.78, 5) is 2.61. The first-order valence-electron chi connectivity index (χ1n) is 8.49. The predicted octanol–water partition coefficient (Wildman–Crippen LogP) is 2.76. The lowest BCUT2D eigenvalue weighted by Gasteiger charge is -2.36. The molecule has 2 unspecified atom stereocenters. The molecule has 1 N–H and O–H groups in total. The third-order valence-corrected chi connectivity index (χ3v) is 4.70. The van der Waals surface area contributed by atoms with Gasteiger partial charge in [0.25, 0.3) is 0 Å². The Labute approximate surface area is 128 Å². The van der Waals surface area contributed by atoms with Crippen LogP contribution in [0.3, 0.4) is 0 Å². The van der Waals surface area contributed by atoms with Crippen LogP contribution in [0.5, 0.6) is 0 Å². The van der Waals surface area contributed by atoms with Crippen LogP contribution in [0.2, 0.25) is 0 Å². The summed E-state index contributed by atoms with van der Waals surface area (Å²) in [5.41, 5.74) is 3.03. The van der Waals surface area contributed by atoms with E-state index in [-0.39, 0.29) is 0 Å². The van der Waals surface area contributed by atoms with Crippen molar-refractivity contribution in [2.24, 2.45) is 0 Å². The van der Waals surface area contributed by atoms with Crippen molar-refractivity contribution in [1.82, 2.24) is 10.2 Å². The number of nitrogens with one attached hydrogen (secondary N) is 1. The van der Waals surface area contributed by atoms with Gasteiger partial charge in [0.2, 0.25) is 0 Å². The van der Waals surface area contributed by atoms with Crippen LogP contribution in [0.15, 0.2) is 24.3 Å². The minimum atomic E-state index is 0.450. The molecule has 2 aliphatic heterocycles. The molecule has 2 heterocycles. The Bertz CT molecular complexity index is 449. The molecule has 0 bridgehead atoms. The van der Waals surface area contributed by atoms with Gasteiger partial charge in [-0.05, 0) is 36.9 Å². The molecule has 3 nitrogen and oxygen atoms in total. The van der Waals surface area contributed by atoms with E-state index in [0.29, 0.717) is 12.0 Å². The van der Waals surface area contributed by atoms with E-state index in [9.17, 15) is 0 Å². The maximum atomic E-state index is 5.96. The van der Waals surface area contributed by atoms with Gasteiger partial charge in [0.05, 0.1) is 6.10 Å². The summed E-state index contributed by atoms with van der Waals surface area (Å²) < 4.78 is 5.96. The highest BCUT2D eigenvalue weighted by Crippen LogP contribution is 2.26. The van der Waals surface area contributed by atoms with Crippen LogP contribution in [-0.2, 0) is 11.3 Å². The molecule has 1 saturated heterocycles. The summed E-state index contributed by atoms with van der Waals surface area (Å²) >= 11 is 0. The molecule has 2 aliphatic rings. The number of likely N-dealkylation sites (tertiary alicyclic amines) is 1. The quantitative estimate of drug-likeness (QED) is 0.901. The summed E-state index contributed by atoms with van der Waals surface area (Å²) in [7, 11) is 0. The Morgan fingerprint density at radius 3 is 3.14 bits per heavy atom. The second kappa shape index (κ2) is 7.39. The van der Waals surface area contributed by atoms with Gasteiger partial charge in [-0.3, -0.25) is 0 Å². The highest BCUT2D eigenvalue weighted by Gasteiger charge is 2.25. The summed E-state index contributed by atoms with van der Waals surface area (Å²) in [6.45, 7) is 8.72. The van der Waals surface area contributed by atoms with Crippen molar-refractivity contribution in [2.75, 3.05) is 32.8 Å². The van der Waals surface area contributed by atoms with Gasteiger partial charge in [0, 0.05) is 38.7 Å². The maximum Gasteiger partial charge on any atom is 0.0702 e. The molecule has 0 radical (unpaired) electrons. The molecule has 0 spiro atoms. The molecule has 3 rings (SSSR count). The number of fused-ring (bicyclic) bond motifs is 1.